The Labute approximate surface area is 166 Å². The quantitative estimate of drug-likeness (QED) is 0.784. The van der Waals surface area contributed by atoms with Gasteiger partial charge in [-0.25, -0.2) is 0 Å². The molecule has 5 heteroatoms. The molecule has 1 amide bonds. The number of nitrogens with one attached hydrogen (secondary N) is 1. The van der Waals surface area contributed by atoms with E-state index in [-0.39, 0.29) is 5.91 Å². The molecule has 2 aromatic rings. The van der Waals surface area contributed by atoms with E-state index in [1.54, 1.807) is 12.1 Å². The summed E-state index contributed by atoms with van der Waals surface area (Å²) in [7, 11) is 0. The maximum atomic E-state index is 12.1. The SMILES string of the molecule is O=C(CCN1CCN(CC=Cc2ccccc2)CC1)Nc1cccc(Cl)c1. The molecule has 2 aromatic carbocycles. The molecule has 1 aliphatic rings. The van der Waals surface area contributed by atoms with Gasteiger partial charge in [-0.2, -0.15) is 0 Å². The summed E-state index contributed by atoms with van der Waals surface area (Å²) in [5.41, 5.74) is 1.99. The molecule has 3 rings (SSSR count). The minimum Gasteiger partial charge on any atom is -0.326 e. The van der Waals surface area contributed by atoms with Crippen LogP contribution in [-0.2, 0) is 4.79 Å². The van der Waals surface area contributed by atoms with Gasteiger partial charge in [-0.15, -0.1) is 0 Å². The van der Waals surface area contributed by atoms with Gasteiger partial charge in [-0.1, -0.05) is 60.2 Å². The lowest BCUT2D eigenvalue weighted by atomic mass is 10.2. The van der Waals surface area contributed by atoms with Crippen LogP contribution in [0.3, 0.4) is 0 Å². The molecule has 27 heavy (non-hydrogen) atoms. The van der Waals surface area contributed by atoms with Gasteiger partial charge in [-0.3, -0.25) is 9.69 Å². The van der Waals surface area contributed by atoms with Gasteiger partial charge in [0.15, 0.2) is 0 Å². The van der Waals surface area contributed by atoms with Crippen molar-refractivity contribution in [1.82, 2.24) is 9.80 Å². The summed E-state index contributed by atoms with van der Waals surface area (Å²) in [6, 6.07) is 17.6. The van der Waals surface area contributed by atoms with Crippen LogP contribution >= 0.6 is 11.6 Å². The van der Waals surface area contributed by atoms with Gasteiger partial charge in [0, 0.05) is 56.4 Å². The predicted molar refractivity (Wildman–Crippen MR) is 113 cm³/mol. The smallest absolute Gasteiger partial charge is 0.225 e. The Kier molecular flexibility index (Phi) is 7.45. The highest BCUT2D eigenvalue weighted by Crippen LogP contribution is 2.15. The molecular weight excluding hydrogens is 358 g/mol. The first-order valence-electron chi connectivity index (χ1n) is 9.41. The minimum absolute atomic E-state index is 0.0329. The molecule has 0 saturated carbocycles. The van der Waals surface area contributed by atoms with E-state index in [1.807, 2.05) is 18.2 Å². The van der Waals surface area contributed by atoms with Gasteiger partial charge >= 0.3 is 0 Å². The minimum atomic E-state index is 0.0329. The third-order valence-corrected chi connectivity index (χ3v) is 4.94. The number of anilines is 1. The van der Waals surface area contributed by atoms with E-state index in [9.17, 15) is 4.79 Å². The fraction of sp³-hybridized carbons (Fsp3) is 0.318. The Morgan fingerprint density at radius 2 is 1.74 bits per heavy atom. The average Bonchev–Trinajstić information content (AvgIpc) is 2.68. The van der Waals surface area contributed by atoms with Gasteiger partial charge in [0.05, 0.1) is 0 Å². The Morgan fingerprint density at radius 3 is 2.48 bits per heavy atom. The first-order chi connectivity index (χ1) is 13.2. The summed E-state index contributed by atoms with van der Waals surface area (Å²) in [5.74, 6) is 0.0329. The maximum absolute atomic E-state index is 12.1. The van der Waals surface area contributed by atoms with E-state index in [2.05, 4.69) is 51.5 Å². The van der Waals surface area contributed by atoms with Crippen LogP contribution in [0.2, 0.25) is 5.02 Å². The maximum Gasteiger partial charge on any atom is 0.225 e. The van der Waals surface area contributed by atoms with Crippen molar-refractivity contribution in [1.29, 1.82) is 0 Å². The second-order valence-electron chi connectivity index (χ2n) is 6.76. The van der Waals surface area contributed by atoms with Gasteiger partial charge in [0.2, 0.25) is 5.91 Å². The Bertz CT molecular complexity index is 755. The Balaban J connectivity index is 1.33. The summed E-state index contributed by atoms with van der Waals surface area (Å²) in [6.45, 7) is 5.84. The van der Waals surface area contributed by atoms with E-state index in [1.165, 1.54) is 5.56 Å². The van der Waals surface area contributed by atoms with E-state index in [0.717, 1.165) is 45.0 Å². The van der Waals surface area contributed by atoms with Crippen LogP contribution < -0.4 is 5.32 Å². The predicted octanol–water partition coefficient (Wildman–Crippen LogP) is 4.00. The third kappa shape index (κ3) is 6.83. The van der Waals surface area contributed by atoms with E-state index < -0.39 is 0 Å². The summed E-state index contributed by atoms with van der Waals surface area (Å²) < 4.78 is 0. The molecule has 1 fully saturated rings. The number of amides is 1. The molecule has 0 aromatic heterocycles. The molecular formula is C22H26ClN3O. The lowest BCUT2D eigenvalue weighted by Gasteiger charge is -2.34. The monoisotopic (exact) mass is 383 g/mol. The number of rotatable bonds is 7. The molecule has 0 spiro atoms. The molecule has 1 saturated heterocycles. The molecule has 142 valence electrons. The van der Waals surface area contributed by atoms with Gasteiger partial charge in [-0.05, 0) is 23.8 Å². The second kappa shape index (κ2) is 10.3. The zero-order chi connectivity index (χ0) is 18.9. The molecule has 1 N–H and O–H groups in total. The number of hydrogen-bond acceptors (Lipinski definition) is 3. The normalized spacial score (nSPS) is 15.9. The Hall–Kier alpha value is -2.14. The summed E-state index contributed by atoms with van der Waals surface area (Å²) >= 11 is 5.94. The van der Waals surface area contributed by atoms with Gasteiger partial charge in [0.25, 0.3) is 0 Å². The van der Waals surface area contributed by atoms with Crippen LogP contribution in [0.4, 0.5) is 5.69 Å². The van der Waals surface area contributed by atoms with Gasteiger partial charge < -0.3 is 10.2 Å². The average molecular weight is 384 g/mol. The molecule has 0 aliphatic carbocycles. The number of carbonyl (C=O) groups is 1. The van der Waals surface area contributed by atoms with E-state index in [0.29, 0.717) is 11.4 Å². The van der Waals surface area contributed by atoms with Crippen molar-refractivity contribution in [3.05, 3.63) is 71.3 Å². The molecule has 0 radical (unpaired) electrons. The largest absolute Gasteiger partial charge is 0.326 e. The molecule has 1 heterocycles. The number of carbonyl (C=O) groups excluding carboxylic acids is 1. The summed E-state index contributed by atoms with van der Waals surface area (Å²) in [6.07, 6.45) is 4.90. The number of hydrogen-bond donors (Lipinski definition) is 1. The van der Waals surface area contributed by atoms with Crippen molar-refractivity contribution in [2.75, 3.05) is 44.6 Å². The van der Waals surface area contributed by atoms with Crippen molar-refractivity contribution < 1.29 is 4.79 Å². The number of halogens is 1. The highest BCUT2D eigenvalue weighted by molar-refractivity contribution is 6.30. The number of piperazine rings is 1. The first-order valence-corrected chi connectivity index (χ1v) is 9.78. The summed E-state index contributed by atoms with van der Waals surface area (Å²) in [5, 5.41) is 3.53. The molecule has 0 unspecified atom stereocenters. The lowest BCUT2D eigenvalue weighted by Crippen LogP contribution is -2.46. The topological polar surface area (TPSA) is 35.6 Å². The standard InChI is InChI=1S/C22H26ClN3O/c23-20-9-4-10-21(18-20)24-22(27)11-13-26-16-14-25(15-17-26)12-5-8-19-6-2-1-3-7-19/h1-10,18H,11-17H2,(H,24,27). The number of benzene rings is 2. The fourth-order valence-electron chi connectivity index (χ4n) is 3.15. The van der Waals surface area contributed by atoms with Crippen LogP contribution in [0, 0.1) is 0 Å². The van der Waals surface area contributed by atoms with E-state index in [4.69, 9.17) is 11.6 Å². The van der Waals surface area contributed by atoms with Crippen molar-refractivity contribution >= 4 is 29.3 Å². The van der Waals surface area contributed by atoms with Gasteiger partial charge in [0.1, 0.15) is 0 Å². The second-order valence-corrected chi connectivity index (χ2v) is 7.20. The van der Waals surface area contributed by atoms with Crippen LogP contribution in [-0.4, -0.2) is 55.0 Å². The molecule has 0 bridgehead atoms. The van der Waals surface area contributed by atoms with E-state index >= 15 is 0 Å². The van der Waals surface area contributed by atoms with Crippen LogP contribution in [0.1, 0.15) is 12.0 Å². The Morgan fingerprint density at radius 1 is 1.00 bits per heavy atom. The highest BCUT2D eigenvalue weighted by atomic mass is 35.5. The van der Waals surface area contributed by atoms with Crippen LogP contribution in [0.15, 0.2) is 60.7 Å². The van der Waals surface area contributed by atoms with Crippen LogP contribution in [0.5, 0.6) is 0 Å². The summed E-state index contributed by atoms with van der Waals surface area (Å²) in [4.78, 5) is 16.9. The van der Waals surface area contributed by atoms with Crippen molar-refractivity contribution in [3.63, 3.8) is 0 Å². The van der Waals surface area contributed by atoms with Crippen molar-refractivity contribution in [2.24, 2.45) is 0 Å². The third-order valence-electron chi connectivity index (χ3n) is 4.70. The molecule has 1 aliphatic heterocycles. The lowest BCUT2D eigenvalue weighted by molar-refractivity contribution is -0.116. The zero-order valence-corrected chi connectivity index (χ0v) is 16.2. The fourth-order valence-corrected chi connectivity index (χ4v) is 3.34. The number of nitrogens with zero attached hydrogens (tertiary/aromatic N) is 2. The first kappa shape index (κ1) is 19.6. The highest BCUT2D eigenvalue weighted by Gasteiger charge is 2.16. The van der Waals surface area contributed by atoms with Crippen LogP contribution in [0.25, 0.3) is 6.08 Å². The van der Waals surface area contributed by atoms with Crippen molar-refractivity contribution in [2.45, 2.75) is 6.42 Å². The van der Waals surface area contributed by atoms with Crippen molar-refractivity contribution in [3.8, 4) is 0 Å². The molecule has 0 atom stereocenters. The molecule has 4 nitrogen and oxygen atoms in total. The zero-order valence-electron chi connectivity index (χ0n) is 15.5.